The molecule has 2 rings (SSSR count). The Bertz CT molecular complexity index is 584. The third-order valence-electron chi connectivity index (χ3n) is 3.67. The molecule has 0 amide bonds. The quantitative estimate of drug-likeness (QED) is 0.330. The lowest BCUT2D eigenvalue weighted by atomic mass is 10.0. The van der Waals surface area contributed by atoms with Gasteiger partial charge in [0.1, 0.15) is 6.04 Å². The second kappa shape index (κ2) is 9.87. The summed E-state index contributed by atoms with van der Waals surface area (Å²) in [4.78, 5) is 39.8. The van der Waals surface area contributed by atoms with Crippen molar-refractivity contribution < 1.29 is 28.7 Å². The number of esters is 3. The van der Waals surface area contributed by atoms with E-state index in [0.29, 0.717) is 26.0 Å². The van der Waals surface area contributed by atoms with Crippen LogP contribution in [0.15, 0.2) is 30.3 Å². The van der Waals surface area contributed by atoms with Crippen LogP contribution >= 0.6 is 0 Å². The van der Waals surface area contributed by atoms with Gasteiger partial charge in [-0.3, -0.25) is 4.84 Å². The van der Waals surface area contributed by atoms with E-state index in [9.17, 15) is 14.4 Å². The molecule has 25 heavy (non-hydrogen) atoms. The summed E-state index contributed by atoms with van der Waals surface area (Å²) in [6.07, 6.45) is 1.12. The van der Waals surface area contributed by atoms with Crippen molar-refractivity contribution in [3.8, 4) is 0 Å². The molecule has 2 atom stereocenters. The van der Waals surface area contributed by atoms with E-state index in [4.69, 9.17) is 4.84 Å². The van der Waals surface area contributed by atoms with E-state index in [1.54, 1.807) is 6.92 Å². The van der Waals surface area contributed by atoms with E-state index in [-0.39, 0.29) is 12.6 Å². The molecule has 0 unspecified atom stereocenters. The van der Waals surface area contributed by atoms with Crippen LogP contribution in [0, 0.1) is 0 Å². The molecule has 1 aromatic carbocycles. The molecule has 136 valence electrons. The van der Waals surface area contributed by atoms with E-state index < -0.39 is 23.9 Å². The number of rotatable bonds is 6. The lowest BCUT2D eigenvalue weighted by Gasteiger charge is -2.28. The lowest BCUT2D eigenvalue weighted by Crippen LogP contribution is -2.51. The largest absolute Gasteiger partial charge is 0.458 e. The van der Waals surface area contributed by atoms with Crippen molar-refractivity contribution in [1.82, 2.24) is 10.8 Å². The van der Waals surface area contributed by atoms with Gasteiger partial charge in [0.05, 0.1) is 13.2 Å². The Morgan fingerprint density at radius 3 is 2.56 bits per heavy atom. The highest BCUT2D eigenvalue weighted by molar-refractivity contribution is 6.31. The van der Waals surface area contributed by atoms with Crippen LogP contribution in [0.1, 0.15) is 25.3 Å². The van der Waals surface area contributed by atoms with E-state index in [1.807, 2.05) is 30.3 Å². The molecule has 0 aliphatic carbocycles. The van der Waals surface area contributed by atoms with Crippen LogP contribution in [0.2, 0.25) is 0 Å². The summed E-state index contributed by atoms with van der Waals surface area (Å²) in [5, 5.41) is 2.97. The fourth-order valence-electron chi connectivity index (χ4n) is 2.37. The molecule has 2 N–H and O–H groups in total. The molecule has 1 saturated heterocycles. The van der Waals surface area contributed by atoms with Gasteiger partial charge >= 0.3 is 17.9 Å². The van der Waals surface area contributed by atoms with E-state index in [1.165, 1.54) is 0 Å². The van der Waals surface area contributed by atoms with Crippen LogP contribution in [-0.4, -0.2) is 43.1 Å². The summed E-state index contributed by atoms with van der Waals surface area (Å²) >= 11 is 0. The second-order valence-electron chi connectivity index (χ2n) is 5.56. The highest BCUT2D eigenvalue weighted by Crippen LogP contribution is 2.10. The average molecular weight is 350 g/mol. The van der Waals surface area contributed by atoms with E-state index in [2.05, 4.69) is 20.3 Å². The Morgan fingerprint density at radius 2 is 1.92 bits per heavy atom. The number of ether oxygens (including phenoxy) is 2. The maximum atomic E-state index is 11.9. The van der Waals surface area contributed by atoms with Gasteiger partial charge in [0.25, 0.3) is 0 Å². The molecule has 8 heteroatoms. The summed E-state index contributed by atoms with van der Waals surface area (Å²) in [7, 11) is 0. The van der Waals surface area contributed by atoms with Gasteiger partial charge < -0.3 is 14.8 Å². The minimum atomic E-state index is -1.29. The molecule has 0 aromatic heterocycles. The topological polar surface area (TPSA) is 103 Å². The van der Waals surface area contributed by atoms with Crippen LogP contribution in [0.3, 0.4) is 0 Å². The predicted octanol–water partition coefficient (Wildman–Crippen LogP) is 0.461. The number of carbonyl (C=O) groups excluding carboxylic acids is 3. The van der Waals surface area contributed by atoms with Gasteiger partial charge in [0, 0.05) is 12.6 Å². The van der Waals surface area contributed by atoms with E-state index >= 15 is 0 Å². The number of hydrogen-bond donors (Lipinski definition) is 2. The number of benzene rings is 1. The molecule has 0 bridgehead atoms. The smallest absolute Gasteiger partial charge is 0.425 e. The summed E-state index contributed by atoms with van der Waals surface area (Å²) in [6.45, 7) is 2.52. The van der Waals surface area contributed by atoms with Crippen LogP contribution in [0.4, 0.5) is 0 Å². The van der Waals surface area contributed by atoms with Crippen molar-refractivity contribution in [2.45, 2.75) is 38.5 Å². The first-order valence-electron chi connectivity index (χ1n) is 8.17. The van der Waals surface area contributed by atoms with Crippen LogP contribution in [0.25, 0.3) is 0 Å². The maximum Gasteiger partial charge on any atom is 0.425 e. The van der Waals surface area contributed by atoms with Gasteiger partial charge in [-0.1, -0.05) is 30.3 Å². The molecule has 0 radical (unpaired) electrons. The van der Waals surface area contributed by atoms with Gasteiger partial charge in [0.15, 0.2) is 0 Å². The molecule has 1 aliphatic heterocycles. The number of hydrogen-bond acceptors (Lipinski definition) is 8. The SMILES string of the molecule is CCOC(=O)C(=O)OC(=O)[C@H]1CC[C@H](NOCc2ccccc2)CN1. The summed E-state index contributed by atoms with van der Waals surface area (Å²) in [5.41, 5.74) is 4.00. The molecule has 1 aromatic rings. The molecule has 0 saturated carbocycles. The second-order valence-corrected chi connectivity index (χ2v) is 5.56. The normalized spacial score (nSPS) is 19.9. The zero-order valence-electron chi connectivity index (χ0n) is 14.0. The zero-order valence-corrected chi connectivity index (χ0v) is 14.0. The number of piperidine rings is 1. The van der Waals surface area contributed by atoms with Gasteiger partial charge in [-0.2, -0.15) is 5.48 Å². The number of hydroxylamine groups is 1. The molecule has 1 fully saturated rings. The first kappa shape index (κ1) is 19.0. The van der Waals surface area contributed by atoms with Crippen LogP contribution < -0.4 is 10.8 Å². The van der Waals surface area contributed by atoms with Crippen molar-refractivity contribution in [2.24, 2.45) is 0 Å². The fourth-order valence-corrected chi connectivity index (χ4v) is 2.37. The zero-order chi connectivity index (χ0) is 18.1. The van der Waals surface area contributed by atoms with Crippen LogP contribution in [-0.2, 0) is 35.3 Å². The molecule has 0 spiro atoms. The Balaban J connectivity index is 1.66. The average Bonchev–Trinajstić information content (AvgIpc) is 2.63. The van der Waals surface area contributed by atoms with Gasteiger partial charge in [0.2, 0.25) is 0 Å². The lowest BCUT2D eigenvalue weighted by molar-refractivity contribution is -0.174. The third kappa shape index (κ3) is 6.26. The monoisotopic (exact) mass is 350 g/mol. The molecular formula is C17H22N2O6. The third-order valence-corrected chi connectivity index (χ3v) is 3.67. The Kier molecular flexibility index (Phi) is 7.52. The number of nitrogens with one attached hydrogen (secondary N) is 2. The first-order chi connectivity index (χ1) is 12.1. The van der Waals surface area contributed by atoms with Crippen molar-refractivity contribution >= 4 is 17.9 Å². The molecule has 1 heterocycles. The number of carbonyl (C=O) groups is 3. The van der Waals surface area contributed by atoms with Gasteiger partial charge in [-0.05, 0) is 25.3 Å². The molecular weight excluding hydrogens is 328 g/mol. The Labute approximate surface area is 145 Å². The minimum Gasteiger partial charge on any atom is -0.458 e. The molecule has 1 aliphatic rings. The summed E-state index contributed by atoms with van der Waals surface area (Å²) < 4.78 is 8.99. The molecule has 8 nitrogen and oxygen atoms in total. The maximum absolute atomic E-state index is 11.9. The van der Waals surface area contributed by atoms with Crippen molar-refractivity contribution in [2.75, 3.05) is 13.2 Å². The van der Waals surface area contributed by atoms with Gasteiger partial charge in [-0.25, -0.2) is 14.4 Å². The predicted molar refractivity (Wildman–Crippen MR) is 86.9 cm³/mol. The fraction of sp³-hybridized carbons (Fsp3) is 0.471. The Morgan fingerprint density at radius 1 is 1.16 bits per heavy atom. The van der Waals surface area contributed by atoms with Gasteiger partial charge in [-0.15, -0.1) is 0 Å². The highest BCUT2D eigenvalue weighted by Gasteiger charge is 2.30. The van der Waals surface area contributed by atoms with Crippen molar-refractivity contribution in [3.63, 3.8) is 0 Å². The Hall–Kier alpha value is -2.29. The van der Waals surface area contributed by atoms with E-state index in [0.717, 1.165) is 5.56 Å². The highest BCUT2D eigenvalue weighted by atomic mass is 16.6. The van der Waals surface area contributed by atoms with Crippen molar-refractivity contribution in [3.05, 3.63) is 35.9 Å². The minimum absolute atomic E-state index is 0.0357. The van der Waals surface area contributed by atoms with Crippen LogP contribution in [0.5, 0.6) is 0 Å². The first-order valence-corrected chi connectivity index (χ1v) is 8.17. The van der Waals surface area contributed by atoms with Crippen molar-refractivity contribution in [1.29, 1.82) is 0 Å². The summed E-state index contributed by atoms with van der Waals surface area (Å²) in [6, 6.07) is 9.15. The summed E-state index contributed by atoms with van der Waals surface area (Å²) in [5.74, 6) is -3.23. The standard InChI is InChI=1S/C17H22N2O6/c1-2-23-16(21)17(22)25-15(20)14-9-8-13(10-18-14)19-24-11-12-6-4-3-5-7-12/h3-7,13-14,18-19H,2,8-11H2,1H3/t13-,14+/m0/s1.